The third-order valence-electron chi connectivity index (χ3n) is 8.76. The van der Waals surface area contributed by atoms with Crippen molar-refractivity contribution in [1.82, 2.24) is 5.32 Å². The average molecular weight is 768 g/mol. The van der Waals surface area contributed by atoms with Gasteiger partial charge in [-0.25, -0.2) is 9.59 Å². The van der Waals surface area contributed by atoms with Gasteiger partial charge in [0.1, 0.15) is 12.6 Å². The second-order valence-electron chi connectivity index (χ2n) is 13.0. The van der Waals surface area contributed by atoms with Crippen molar-refractivity contribution in [3.63, 3.8) is 0 Å². The van der Waals surface area contributed by atoms with Crippen LogP contribution in [-0.2, 0) is 44.4 Å². The Balaban J connectivity index is 1.16. The van der Waals surface area contributed by atoms with Gasteiger partial charge in [-0.15, -0.1) is 0 Å². The summed E-state index contributed by atoms with van der Waals surface area (Å²) in [5.74, 6) is -5.35. The molecule has 9 nitrogen and oxygen atoms in total. The van der Waals surface area contributed by atoms with Crippen LogP contribution < -0.4 is 15.5 Å². The van der Waals surface area contributed by atoms with Crippen LogP contribution in [0.4, 0.5) is 25.0 Å². The minimum atomic E-state index is -3.61. The van der Waals surface area contributed by atoms with E-state index in [9.17, 15) is 19.2 Å². The molecule has 0 aliphatic rings. The van der Waals surface area contributed by atoms with Crippen LogP contribution >= 0.6 is 11.6 Å². The van der Waals surface area contributed by atoms with Gasteiger partial charge in [-0.3, -0.25) is 9.59 Å². The zero-order chi connectivity index (χ0) is 39.5. The van der Waals surface area contributed by atoms with E-state index in [1.165, 1.54) is 29.2 Å². The van der Waals surface area contributed by atoms with Crippen LogP contribution in [0, 0.1) is 6.92 Å². The van der Waals surface area contributed by atoms with Crippen molar-refractivity contribution >= 4 is 46.9 Å². The molecule has 0 bridgehead atoms. The number of anilines is 2. The number of benzene rings is 5. The molecule has 0 saturated heterocycles. The van der Waals surface area contributed by atoms with E-state index in [2.05, 4.69) is 10.6 Å². The molecule has 5 rings (SSSR count). The van der Waals surface area contributed by atoms with Crippen molar-refractivity contribution in [3.05, 3.63) is 166 Å². The normalized spacial score (nSPS) is 12.2. The van der Waals surface area contributed by atoms with Gasteiger partial charge in [-0.2, -0.15) is 8.78 Å². The number of rotatable bonds is 14. The lowest BCUT2D eigenvalue weighted by atomic mass is 10.0. The fraction of sp³-hybridized carbons (Fsp3) is 0.209. The van der Waals surface area contributed by atoms with Crippen molar-refractivity contribution in [3.8, 4) is 0 Å². The molecule has 0 radical (unpaired) electrons. The van der Waals surface area contributed by atoms with E-state index in [0.717, 1.165) is 18.1 Å². The zero-order valence-electron chi connectivity index (χ0n) is 30.4. The first-order chi connectivity index (χ1) is 26.3. The summed E-state index contributed by atoms with van der Waals surface area (Å²) in [4.78, 5) is 53.1. The fourth-order valence-electron chi connectivity index (χ4n) is 5.63. The molecule has 3 amide bonds. The number of amides is 3. The number of alkyl halides is 2. The Hall–Kier alpha value is -6.07. The minimum Gasteiger partial charge on any atom is -0.454 e. The molecule has 5 aromatic carbocycles. The van der Waals surface area contributed by atoms with Gasteiger partial charge in [0.2, 0.25) is 5.91 Å². The van der Waals surface area contributed by atoms with Crippen LogP contribution in [0.5, 0.6) is 0 Å². The third-order valence-corrected chi connectivity index (χ3v) is 9.07. The third kappa shape index (κ3) is 11.0. The number of hydrogen-bond acceptors (Lipinski definition) is 6. The van der Waals surface area contributed by atoms with E-state index >= 15 is 8.78 Å². The fourth-order valence-corrected chi connectivity index (χ4v) is 6.00. The molecule has 12 heteroatoms. The summed E-state index contributed by atoms with van der Waals surface area (Å²) in [6, 6.07) is 33.3. The molecule has 2 N–H and O–H groups in total. The molecule has 0 aliphatic carbocycles. The highest BCUT2D eigenvalue weighted by molar-refractivity contribution is 6.34. The number of carbonyl (C=O) groups is 4. The highest BCUT2D eigenvalue weighted by Gasteiger charge is 2.42. The van der Waals surface area contributed by atoms with Crippen molar-refractivity contribution in [2.75, 3.05) is 17.3 Å². The number of halogens is 3. The zero-order valence-corrected chi connectivity index (χ0v) is 31.2. The van der Waals surface area contributed by atoms with Crippen LogP contribution in [0.15, 0.2) is 127 Å². The summed E-state index contributed by atoms with van der Waals surface area (Å²) in [5.41, 5.74) is 3.80. The Kier molecular flexibility index (Phi) is 13.4. The lowest BCUT2D eigenvalue weighted by Gasteiger charge is -2.26. The van der Waals surface area contributed by atoms with Crippen molar-refractivity contribution < 1.29 is 37.4 Å². The number of aryl methyl sites for hydroxylation is 1. The lowest BCUT2D eigenvalue weighted by molar-refractivity contribution is -0.175. The van der Waals surface area contributed by atoms with Crippen LogP contribution in [0.3, 0.4) is 0 Å². The summed E-state index contributed by atoms with van der Waals surface area (Å²) in [5, 5.41) is 5.65. The van der Waals surface area contributed by atoms with Gasteiger partial charge in [-0.1, -0.05) is 103 Å². The first-order valence-corrected chi connectivity index (χ1v) is 17.8. The van der Waals surface area contributed by atoms with Crippen LogP contribution in [-0.4, -0.2) is 43.1 Å². The molecular weight excluding hydrogens is 728 g/mol. The van der Waals surface area contributed by atoms with Gasteiger partial charge in [0.15, 0.2) is 6.10 Å². The SMILES string of the molecule is Cc1ccc(N(C)C(=O)c2ccc(NC(=O)Cc3ccc(C(F)(F)[C@H](C)OC(=O)[C@H](Cc4ccccc4)NC(=O)OCc4ccccc4)cc3)cc2)c(Cl)c1. The van der Waals surface area contributed by atoms with Crippen molar-refractivity contribution in [2.45, 2.75) is 51.4 Å². The van der Waals surface area contributed by atoms with Gasteiger partial charge < -0.3 is 25.0 Å². The number of hydrogen-bond donors (Lipinski definition) is 2. The molecule has 55 heavy (non-hydrogen) atoms. The maximum Gasteiger partial charge on any atom is 0.408 e. The quantitative estimate of drug-likeness (QED) is 0.109. The first kappa shape index (κ1) is 40.1. The number of nitrogens with one attached hydrogen (secondary N) is 2. The van der Waals surface area contributed by atoms with E-state index < -0.39 is 41.6 Å². The van der Waals surface area contributed by atoms with Crippen molar-refractivity contribution in [1.29, 1.82) is 0 Å². The Morgan fingerprint density at radius 2 is 1.42 bits per heavy atom. The topological polar surface area (TPSA) is 114 Å². The molecule has 284 valence electrons. The van der Waals surface area contributed by atoms with E-state index in [4.69, 9.17) is 21.1 Å². The van der Waals surface area contributed by atoms with E-state index in [0.29, 0.717) is 33.1 Å². The number of carbonyl (C=O) groups excluding carboxylic acids is 4. The molecule has 0 fully saturated rings. The van der Waals surface area contributed by atoms with Gasteiger partial charge in [-0.05, 0) is 72.5 Å². The second-order valence-corrected chi connectivity index (χ2v) is 13.4. The summed E-state index contributed by atoms with van der Waals surface area (Å²) in [7, 11) is 1.62. The molecule has 0 heterocycles. The van der Waals surface area contributed by atoms with E-state index in [-0.39, 0.29) is 25.4 Å². The Morgan fingerprint density at radius 1 is 0.800 bits per heavy atom. The molecule has 0 unspecified atom stereocenters. The molecule has 2 atom stereocenters. The Labute approximate surface area is 323 Å². The maximum atomic E-state index is 15.6. The molecule has 0 aromatic heterocycles. The van der Waals surface area contributed by atoms with E-state index in [1.54, 1.807) is 98.0 Å². The van der Waals surface area contributed by atoms with E-state index in [1.807, 2.05) is 19.1 Å². The molecule has 0 spiro atoms. The van der Waals surface area contributed by atoms with Crippen molar-refractivity contribution in [2.24, 2.45) is 0 Å². The lowest BCUT2D eigenvalue weighted by Crippen LogP contribution is -2.46. The van der Waals surface area contributed by atoms with Crippen LogP contribution in [0.2, 0.25) is 5.02 Å². The Morgan fingerprint density at radius 3 is 2.04 bits per heavy atom. The van der Waals surface area contributed by atoms with Gasteiger partial charge in [0.25, 0.3) is 5.91 Å². The molecule has 0 saturated carbocycles. The number of alkyl carbamates (subject to hydrolysis) is 1. The van der Waals surface area contributed by atoms with Crippen LogP contribution in [0.25, 0.3) is 0 Å². The molecule has 0 aliphatic heterocycles. The van der Waals surface area contributed by atoms with Gasteiger partial charge in [0.05, 0.1) is 17.1 Å². The Bertz CT molecular complexity index is 2100. The monoisotopic (exact) mass is 767 g/mol. The van der Waals surface area contributed by atoms with Gasteiger partial charge >= 0.3 is 18.0 Å². The summed E-state index contributed by atoms with van der Waals surface area (Å²) in [6.07, 6.45) is -2.93. The minimum absolute atomic E-state index is 0.0158. The number of nitrogens with zero attached hydrogens (tertiary/aromatic N) is 1. The molecule has 5 aromatic rings. The number of ether oxygens (including phenoxy) is 2. The predicted molar refractivity (Wildman–Crippen MR) is 207 cm³/mol. The second kappa shape index (κ2) is 18.3. The summed E-state index contributed by atoms with van der Waals surface area (Å²) in [6.45, 7) is 2.92. The maximum absolute atomic E-state index is 15.6. The number of esters is 1. The predicted octanol–water partition coefficient (Wildman–Crippen LogP) is 8.67. The molecular formula is C43H40ClF2N3O6. The van der Waals surface area contributed by atoms with Gasteiger partial charge in [0, 0.05) is 30.3 Å². The first-order valence-electron chi connectivity index (χ1n) is 17.4. The highest BCUT2D eigenvalue weighted by Crippen LogP contribution is 2.34. The van der Waals surface area contributed by atoms with Crippen LogP contribution in [0.1, 0.15) is 45.1 Å². The average Bonchev–Trinajstić information content (AvgIpc) is 3.17. The standard InChI is InChI=1S/C43H40ClF2N3O6/c1-28-14-23-38(36(44)24-28)49(3)40(51)33-17-21-35(22-18-33)47-39(50)26-31-15-19-34(20-16-31)43(45,46)29(2)55-41(52)37(25-30-10-6-4-7-11-30)48-42(53)54-27-32-12-8-5-9-13-32/h4-24,29,37H,25-27H2,1-3H3,(H,47,50)(H,48,53)/t29-,37-/m0/s1. The highest BCUT2D eigenvalue weighted by atomic mass is 35.5. The summed E-state index contributed by atoms with van der Waals surface area (Å²) < 4.78 is 41.7. The smallest absolute Gasteiger partial charge is 0.408 e. The summed E-state index contributed by atoms with van der Waals surface area (Å²) >= 11 is 6.33. The largest absolute Gasteiger partial charge is 0.454 e.